The maximum atomic E-state index is 13.8. The van der Waals surface area contributed by atoms with Gasteiger partial charge in [0.15, 0.2) is 0 Å². The molecule has 2 heterocycles. The SMILES string of the molecule is C[C@@H]1[C@@H](c2ccccc2)N(C(=O)CC(c2ccccc2)C2CCN(S(C)(=O)=O)CC2)C(=O)N1C. The van der Waals surface area contributed by atoms with E-state index in [2.05, 4.69) is 0 Å². The summed E-state index contributed by atoms with van der Waals surface area (Å²) >= 11 is 0. The van der Waals surface area contributed by atoms with E-state index in [-0.39, 0.29) is 42.3 Å². The Morgan fingerprint density at radius 1 is 1.00 bits per heavy atom. The number of carbonyl (C=O) groups is 2. The molecule has 0 aliphatic carbocycles. The molecular formula is C26H33N3O4S. The van der Waals surface area contributed by atoms with Gasteiger partial charge in [0.25, 0.3) is 0 Å². The Labute approximate surface area is 202 Å². The Morgan fingerprint density at radius 3 is 2.12 bits per heavy atom. The third-order valence-corrected chi connectivity index (χ3v) is 8.73. The van der Waals surface area contributed by atoms with Gasteiger partial charge < -0.3 is 4.90 Å². The number of likely N-dealkylation sites (N-methyl/N-ethyl adjacent to an activating group) is 1. The molecule has 2 aliphatic heterocycles. The number of rotatable bonds is 6. The van der Waals surface area contributed by atoms with Crippen molar-refractivity contribution in [1.82, 2.24) is 14.1 Å². The highest BCUT2D eigenvalue weighted by Crippen LogP contribution is 2.40. The summed E-state index contributed by atoms with van der Waals surface area (Å²) in [6, 6.07) is 18.9. The molecule has 3 amide bonds. The van der Waals surface area contributed by atoms with Crippen molar-refractivity contribution in [2.45, 2.75) is 44.2 Å². The molecule has 182 valence electrons. The van der Waals surface area contributed by atoms with Gasteiger partial charge in [-0.1, -0.05) is 60.7 Å². The maximum absolute atomic E-state index is 13.8. The third kappa shape index (κ3) is 4.88. The molecule has 8 heteroatoms. The number of urea groups is 1. The number of carbonyl (C=O) groups excluding carboxylic acids is 2. The van der Waals surface area contributed by atoms with Gasteiger partial charge in [0.05, 0.1) is 18.3 Å². The fourth-order valence-corrected chi connectivity index (χ4v) is 6.26. The lowest BCUT2D eigenvalue weighted by Crippen LogP contribution is -2.41. The zero-order valence-corrected chi connectivity index (χ0v) is 20.8. The van der Waals surface area contributed by atoms with Crippen LogP contribution in [0.3, 0.4) is 0 Å². The summed E-state index contributed by atoms with van der Waals surface area (Å²) in [6.45, 7) is 2.88. The van der Waals surface area contributed by atoms with Crippen LogP contribution in [0.15, 0.2) is 60.7 Å². The highest BCUT2D eigenvalue weighted by Gasteiger charge is 2.46. The highest BCUT2D eigenvalue weighted by molar-refractivity contribution is 7.88. The quantitative estimate of drug-likeness (QED) is 0.625. The van der Waals surface area contributed by atoms with E-state index >= 15 is 0 Å². The van der Waals surface area contributed by atoms with Gasteiger partial charge in [0.1, 0.15) is 0 Å². The molecule has 0 aromatic heterocycles. The van der Waals surface area contributed by atoms with Crippen LogP contribution in [-0.4, -0.2) is 66.9 Å². The normalized spacial score (nSPS) is 23.3. The Balaban J connectivity index is 1.60. The molecule has 0 saturated carbocycles. The Hall–Kier alpha value is -2.71. The van der Waals surface area contributed by atoms with Crippen LogP contribution in [-0.2, 0) is 14.8 Å². The van der Waals surface area contributed by atoms with Crippen molar-refractivity contribution in [3.05, 3.63) is 71.8 Å². The van der Waals surface area contributed by atoms with Crippen LogP contribution in [0.2, 0.25) is 0 Å². The van der Waals surface area contributed by atoms with Crippen molar-refractivity contribution >= 4 is 22.0 Å². The molecule has 2 saturated heterocycles. The summed E-state index contributed by atoms with van der Waals surface area (Å²) in [6.07, 6.45) is 2.83. The second kappa shape index (κ2) is 9.88. The molecule has 2 aliphatic rings. The number of piperidine rings is 1. The van der Waals surface area contributed by atoms with Crippen LogP contribution in [0.1, 0.15) is 49.3 Å². The summed E-state index contributed by atoms with van der Waals surface area (Å²) in [7, 11) is -1.48. The molecule has 3 atom stereocenters. The van der Waals surface area contributed by atoms with Crippen LogP contribution >= 0.6 is 0 Å². The number of nitrogens with zero attached hydrogens (tertiary/aromatic N) is 3. The van der Waals surface area contributed by atoms with Crippen LogP contribution in [0, 0.1) is 5.92 Å². The van der Waals surface area contributed by atoms with Gasteiger partial charge in [-0.05, 0) is 42.7 Å². The molecule has 4 rings (SSSR count). The fraction of sp³-hybridized carbons (Fsp3) is 0.462. The van der Waals surface area contributed by atoms with Crippen LogP contribution in [0.4, 0.5) is 4.79 Å². The zero-order chi connectivity index (χ0) is 24.5. The average molecular weight is 484 g/mol. The largest absolute Gasteiger partial charge is 0.327 e. The molecule has 34 heavy (non-hydrogen) atoms. The predicted molar refractivity (Wildman–Crippen MR) is 132 cm³/mol. The van der Waals surface area contributed by atoms with E-state index in [9.17, 15) is 18.0 Å². The van der Waals surface area contributed by atoms with E-state index in [0.29, 0.717) is 25.9 Å². The summed E-state index contributed by atoms with van der Waals surface area (Å²) in [4.78, 5) is 30.0. The molecule has 0 N–H and O–H groups in total. The highest BCUT2D eigenvalue weighted by atomic mass is 32.2. The van der Waals surface area contributed by atoms with Crippen molar-refractivity contribution in [2.75, 3.05) is 26.4 Å². The Kier molecular flexibility index (Phi) is 7.09. The summed E-state index contributed by atoms with van der Waals surface area (Å²) < 4.78 is 25.5. The first-order chi connectivity index (χ1) is 16.2. The minimum atomic E-state index is -3.23. The maximum Gasteiger partial charge on any atom is 0.327 e. The van der Waals surface area contributed by atoms with Crippen LogP contribution < -0.4 is 0 Å². The molecule has 2 fully saturated rings. The second-order valence-electron chi connectivity index (χ2n) is 9.47. The second-order valence-corrected chi connectivity index (χ2v) is 11.5. The predicted octanol–water partition coefficient (Wildman–Crippen LogP) is 3.86. The fourth-order valence-electron chi connectivity index (χ4n) is 5.38. The van der Waals surface area contributed by atoms with E-state index in [1.54, 1.807) is 11.9 Å². The van der Waals surface area contributed by atoms with Crippen molar-refractivity contribution in [3.63, 3.8) is 0 Å². The molecule has 2 aromatic rings. The van der Waals surface area contributed by atoms with E-state index in [1.165, 1.54) is 15.5 Å². The van der Waals surface area contributed by atoms with Crippen molar-refractivity contribution in [1.29, 1.82) is 0 Å². The van der Waals surface area contributed by atoms with Gasteiger partial charge in [-0.3, -0.25) is 9.69 Å². The van der Waals surface area contributed by atoms with E-state index in [1.807, 2.05) is 67.6 Å². The Morgan fingerprint density at radius 2 is 1.56 bits per heavy atom. The lowest BCUT2D eigenvalue weighted by Gasteiger charge is -2.36. The number of hydrogen-bond donors (Lipinski definition) is 0. The Bertz CT molecular complexity index is 1120. The molecule has 2 aromatic carbocycles. The summed E-state index contributed by atoms with van der Waals surface area (Å²) in [5, 5.41) is 0. The number of amides is 3. The van der Waals surface area contributed by atoms with Gasteiger partial charge in [0.2, 0.25) is 15.9 Å². The van der Waals surface area contributed by atoms with E-state index in [0.717, 1.165) is 11.1 Å². The monoisotopic (exact) mass is 483 g/mol. The number of sulfonamides is 1. The van der Waals surface area contributed by atoms with Gasteiger partial charge in [-0.15, -0.1) is 0 Å². The van der Waals surface area contributed by atoms with Gasteiger partial charge in [-0.2, -0.15) is 0 Å². The lowest BCUT2D eigenvalue weighted by atomic mass is 9.78. The van der Waals surface area contributed by atoms with Crippen LogP contribution in [0.5, 0.6) is 0 Å². The average Bonchev–Trinajstić information content (AvgIpc) is 3.07. The van der Waals surface area contributed by atoms with Crippen molar-refractivity contribution < 1.29 is 18.0 Å². The zero-order valence-electron chi connectivity index (χ0n) is 20.0. The van der Waals surface area contributed by atoms with E-state index < -0.39 is 10.0 Å². The molecule has 0 bridgehead atoms. The van der Waals surface area contributed by atoms with Gasteiger partial charge in [-0.25, -0.2) is 17.5 Å². The van der Waals surface area contributed by atoms with Crippen LogP contribution in [0.25, 0.3) is 0 Å². The van der Waals surface area contributed by atoms with Gasteiger partial charge in [0, 0.05) is 26.6 Å². The molecule has 1 unspecified atom stereocenters. The smallest absolute Gasteiger partial charge is 0.322 e. The molecule has 7 nitrogen and oxygen atoms in total. The first-order valence-electron chi connectivity index (χ1n) is 11.8. The minimum Gasteiger partial charge on any atom is -0.322 e. The molecule has 0 spiro atoms. The van der Waals surface area contributed by atoms with Gasteiger partial charge >= 0.3 is 6.03 Å². The molecule has 0 radical (unpaired) electrons. The minimum absolute atomic E-state index is 0.0826. The van der Waals surface area contributed by atoms with Crippen molar-refractivity contribution in [3.8, 4) is 0 Å². The lowest BCUT2D eigenvalue weighted by molar-refractivity contribution is -0.130. The van der Waals surface area contributed by atoms with Crippen molar-refractivity contribution in [2.24, 2.45) is 5.92 Å². The van der Waals surface area contributed by atoms with E-state index in [4.69, 9.17) is 0 Å². The molecular weight excluding hydrogens is 450 g/mol. The summed E-state index contributed by atoms with van der Waals surface area (Å²) in [5.74, 6) is -0.109. The first-order valence-corrected chi connectivity index (χ1v) is 13.7. The number of benzene rings is 2. The number of imide groups is 1. The topological polar surface area (TPSA) is 78.0 Å². The third-order valence-electron chi connectivity index (χ3n) is 7.42. The first kappa shape index (κ1) is 24.4. The summed E-state index contributed by atoms with van der Waals surface area (Å²) in [5.41, 5.74) is 2.00. The number of hydrogen-bond acceptors (Lipinski definition) is 4. The standard InChI is InChI=1S/C26H33N3O4S/c1-19-25(22-12-8-5-9-13-22)29(26(31)27(19)2)24(30)18-23(20-10-6-4-7-11-20)21-14-16-28(17-15-21)34(3,32)33/h4-13,19,21,23,25H,14-18H2,1-3H3/t19-,23?,25+/m1/s1.